The molecular weight excluding hydrogens is 516 g/mol. The van der Waals surface area contributed by atoms with E-state index in [9.17, 15) is 24.4 Å². The van der Waals surface area contributed by atoms with Crippen molar-refractivity contribution in [2.75, 3.05) is 14.1 Å². The van der Waals surface area contributed by atoms with Crippen LogP contribution in [0.25, 0.3) is 11.1 Å². The number of ketones is 2. The van der Waals surface area contributed by atoms with Gasteiger partial charge in [0.1, 0.15) is 0 Å². The van der Waals surface area contributed by atoms with E-state index in [-0.39, 0.29) is 41.8 Å². The van der Waals surface area contributed by atoms with E-state index in [1.54, 1.807) is 24.3 Å². The summed E-state index contributed by atoms with van der Waals surface area (Å²) in [4.78, 5) is 54.1. The Labute approximate surface area is 240 Å². The third-order valence-electron chi connectivity index (χ3n) is 7.44. The second-order valence-corrected chi connectivity index (χ2v) is 10.8. The number of hydrogen-bond donors (Lipinski definition) is 1. The number of Topliss-reactive ketones (excluding diaryl/α,β-unsaturated/α-hetero) is 1. The van der Waals surface area contributed by atoms with Gasteiger partial charge in [0.15, 0.2) is 17.8 Å². The largest absolute Gasteiger partial charge is 0.342 e. The predicted molar refractivity (Wildman–Crippen MR) is 155 cm³/mol. The molecule has 8 nitrogen and oxygen atoms in total. The Morgan fingerprint density at radius 3 is 2.17 bits per heavy atom. The fourth-order valence-electron chi connectivity index (χ4n) is 5.30. The van der Waals surface area contributed by atoms with Gasteiger partial charge >= 0.3 is 0 Å². The normalized spacial score (nSPS) is 13.0. The summed E-state index contributed by atoms with van der Waals surface area (Å²) < 4.78 is 0. The van der Waals surface area contributed by atoms with Crippen LogP contribution < -0.4 is 5.32 Å². The minimum Gasteiger partial charge on any atom is -0.342 e. The van der Waals surface area contributed by atoms with Crippen LogP contribution in [0.3, 0.4) is 0 Å². The zero-order valence-corrected chi connectivity index (χ0v) is 23.8. The average Bonchev–Trinajstić information content (AvgIpc) is 3.27. The maximum atomic E-state index is 13.8. The highest BCUT2D eigenvalue weighted by Gasteiger charge is 2.34. The molecular formula is C33H34N4O4. The highest BCUT2D eigenvalue weighted by Crippen LogP contribution is 2.38. The first-order valence-corrected chi connectivity index (χ1v) is 13.7. The van der Waals surface area contributed by atoms with Crippen LogP contribution in [0.4, 0.5) is 0 Å². The van der Waals surface area contributed by atoms with Gasteiger partial charge in [0.2, 0.25) is 5.91 Å². The Morgan fingerprint density at radius 2 is 1.51 bits per heavy atom. The number of amides is 2. The summed E-state index contributed by atoms with van der Waals surface area (Å²) in [5, 5.41) is 14.5. The minimum atomic E-state index is -0.930. The molecule has 0 radical (unpaired) electrons. The maximum Gasteiger partial charge on any atom is 0.252 e. The van der Waals surface area contributed by atoms with Crippen molar-refractivity contribution in [3.8, 4) is 17.3 Å². The number of nitrogens with one attached hydrogen (secondary N) is 1. The molecule has 4 rings (SSSR count). The summed E-state index contributed by atoms with van der Waals surface area (Å²) in [6.07, 6.45) is 2.48. The van der Waals surface area contributed by atoms with Crippen LogP contribution in [0.5, 0.6) is 0 Å². The van der Waals surface area contributed by atoms with Crippen molar-refractivity contribution in [2.45, 2.75) is 39.2 Å². The topological polar surface area (TPSA) is 111 Å². The Kier molecular flexibility index (Phi) is 8.98. The molecule has 8 heteroatoms. The number of fused-ring (bicyclic) bond motifs is 3. The van der Waals surface area contributed by atoms with Crippen LogP contribution in [0, 0.1) is 23.3 Å². The van der Waals surface area contributed by atoms with Gasteiger partial charge in [-0.25, -0.2) is 10.0 Å². The van der Waals surface area contributed by atoms with Gasteiger partial charge in [0.05, 0.1) is 11.6 Å². The van der Waals surface area contributed by atoms with E-state index in [0.29, 0.717) is 23.1 Å². The van der Waals surface area contributed by atoms with Gasteiger partial charge in [-0.15, -0.1) is 0 Å². The molecule has 0 saturated heterocycles. The first-order chi connectivity index (χ1) is 19.6. The minimum absolute atomic E-state index is 0.102. The van der Waals surface area contributed by atoms with Crippen LogP contribution in [-0.4, -0.2) is 53.5 Å². The van der Waals surface area contributed by atoms with Crippen molar-refractivity contribution >= 4 is 23.4 Å². The SMILES string of the molecule is CC(C)CC(CC(=O)C(Cc1ccccc1)NC(=O)c1cccc2c1C(=O)c1ccccc1-2)C(=O)N(C)N(C)C#N. The zero-order valence-electron chi connectivity index (χ0n) is 23.8. The third-order valence-corrected chi connectivity index (χ3v) is 7.44. The zero-order chi connectivity index (χ0) is 29.7. The molecule has 1 N–H and O–H groups in total. The average molecular weight is 551 g/mol. The summed E-state index contributed by atoms with van der Waals surface area (Å²) in [7, 11) is 2.97. The van der Waals surface area contributed by atoms with Crippen molar-refractivity contribution in [1.29, 1.82) is 5.26 Å². The molecule has 2 amide bonds. The molecule has 0 aliphatic heterocycles. The van der Waals surface area contributed by atoms with Gasteiger partial charge in [-0.3, -0.25) is 19.2 Å². The van der Waals surface area contributed by atoms with Crippen molar-refractivity contribution in [3.05, 3.63) is 95.1 Å². The van der Waals surface area contributed by atoms with Crippen molar-refractivity contribution in [3.63, 3.8) is 0 Å². The molecule has 41 heavy (non-hydrogen) atoms. The van der Waals surface area contributed by atoms with Gasteiger partial charge in [0, 0.05) is 37.6 Å². The molecule has 210 valence electrons. The van der Waals surface area contributed by atoms with E-state index in [0.717, 1.165) is 16.1 Å². The molecule has 2 atom stereocenters. The summed E-state index contributed by atoms with van der Waals surface area (Å²) in [5.74, 6) is -1.93. The van der Waals surface area contributed by atoms with Crippen molar-refractivity contribution < 1.29 is 19.2 Å². The number of nitriles is 1. The summed E-state index contributed by atoms with van der Waals surface area (Å²) >= 11 is 0. The molecule has 1 aliphatic rings. The quantitative estimate of drug-likeness (QED) is 0.165. The van der Waals surface area contributed by atoms with Crippen LogP contribution in [0.1, 0.15) is 58.5 Å². The van der Waals surface area contributed by atoms with Crippen LogP contribution in [0.2, 0.25) is 0 Å². The van der Waals surface area contributed by atoms with Gasteiger partial charge in [-0.1, -0.05) is 80.6 Å². The number of hydrazine groups is 1. The van der Waals surface area contributed by atoms with Crippen LogP contribution >= 0.6 is 0 Å². The predicted octanol–water partition coefficient (Wildman–Crippen LogP) is 4.65. The fourth-order valence-corrected chi connectivity index (χ4v) is 5.30. The molecule has 3 aromatic carbocycles. The number of rotatable bonds is 11. The molecule has 0 spiro atoms. The van der Waals surface area contributed by atoms with E-state index in [1.165, 1.54) is 19.1 Å². The Morgan fingerprint density at radius 1 is 0.878 bits per heavy atom. The van der Waals surface area contributed by atoms with Crippen molar-refractivity contribution in [2.24, 2.45) is 11.8 Å². The lowest BCUT2D eigenvalue weighted by atomic mass is 9.88. The second kappa shape index (κ2) is 12.6. The van der Waals surface area contributed by atoms with E-state index >= 15 is 0 Å². The van der Waals surface area contributed by atoms with Gasteiger partial charge in [0.25, 0.3) is 5.91 Å². The number of carbonyl (C=O) groups is 4. The van der Waals surface area contributed by atoms with Crippen molar-refractivity contribution in [1.82, 2.24) is 15.3 Å². The smallest absolute Gasteiger partial charge is 0.252 e. The monoisotopic (exact) mass is 550 g/mol. The molecule has 2 unspecified atom stereocenters. The number of benzene rings is 3. The van der Waals surface area contributed by atoms with E-state index in [4.69, 9.17) is 0 Å². The van der Waals surface area contributed by atoms with E-state index in [1.807, 2.05) is 68.6 Å². The van der Waals surface area contributed by atoms with Crippen LogP contribution in [-0.2, 0) is 16.0 Å². The van der Waals surface area contributed by atoms with Gasteiger partial charge in [-0.2, -0.15) is 5.26 Å². The maximum absolute atomic E-state index is 13.8. The summed E-state index contributed by atoms with van der Waals surface area (Å²) in [6.45, 7) is 3.93. The Balaban J connectivity index is 1.63. The van der Waals surface area contributed by atoms with E-state index in [2.05, 4.69) is 5.32 Å². The van der Waals surface area contributed by atoms with Crippen LogP contribution in [0.15, 0.2) is 72.8 Å². The molecule has 0 saturated carbocycles. The fraction of sp³-hybridized carbons (Fsp3) is 0.303. The lowest BCUT2D eigenvalue weighted by Crippen LogP contribution is -2.46. The van der Waals surface area contributed by atoms with E-state index < -0.39 is 17.9 Å². The number of nitrogens with zero attached hydrogens (tertiary/aromatic N) is 3. The van der Waals surface area contributed by atoms with Gasteiger partial charge < -0.3 is 5.32 Å². The first-order valence-electron chi connectivity index (χ1n) is 13.7. The summed E-state index contributed by atoms with van der Waals surface area (Å²) in [5.41, 5.74) is 3.39. The molecule has 0 heterocycles. The molecule has 0 fully saturated rings. The molecule has 0 bridgehead atoms. The second-order valence-electron chi connectivity index (χ2n) is 10.8. The first kappa shape index (κ1) is 29.2. The lowest BCUT2D eigenvalue weighted by molar-refractivity contribution is -0.146. The van der Waals surface area contributed by atoms with Gasteiger partial charge in [-0.05, 0) is 41.5 Å². The summed E-state index contributed by atoms with van der Waals surface area (Å²) in [6, 6.07) is 20.8. The number of hydrogen-bond acceptors (Lipinski definition) is 6. The molecule has 0 aromatic heterocycles. The molecule has 1 aliphatic carbocycles. The lowest BCUT2D eigenvalue weighted by Gasteiger charge is -2.29. The highest BCUT2D eigenvalue weighted by molar-refractivity contribution is 6.25. The Hall–Kier alpha value is -4.77. The standard InChI is InChI=1S/C33H34N4O4/c1-21(2)17-23(33(41)37(4)36(3)20-34)19-29(38)28(18-22-11-6-5-7-12-22)35-32(40)27-16-10-15-25-24-13-8-9-14-26(24)31(39)30(25)27/h5-16,21,23,28H,17-19H2,1-4H3,(H,35,40). The Bertz CT molecular complexity index is 1510. The highest BCUT2D eigenvalue weighted by atomic mass is 16.2. The molecule has 3 aromatic rings. The third kappa shape index (κ3) is 6.36. The number of carbonyl (C=O) groups excluding carboxylic acids is 4.